The van der Waals surface area contributed by atoms with Gasteiger partial charge >= 0.3 is 0 Å². The molecule has 0 bridgehead atoms. The summed E-state index contributed by atoms with van der Waals surface area (Å²) < 4.78 is 13.8. The number of nitrogens with zero attached hydrogens (tertiary/aromatic N) is 1. The van der Waals surface area contributed by atoms with Crippen LogP contribution in [0.1, 0.15) is 12.8 Å². The van der Waals surface area contributed by atoms with Crippen molar-refractivity contribution in [3.8, 4) is 0 Å². The Morgan fingerprint density at radius 1 is 1.36 bits per heavy atom. The molecule has 0 atom stereocenters. The highest BCUT2D eigenvalue weighted by Gasteiger charge is 2.18. The van der Waals surface area contributed by atoms with Gasteiger partial charge in [0.2, 0.25) is 0 Å². The summed E-state index contributed by atoms with van der Waals surface area (Å²) in [5.41, 5.74) is 0.763. The summed E-state index contributed by atoms with van der Waals surface area (Å²) in [6.45, 7) is 0.814. The summed E-state index contributed by atoms with van der Waals surface area (Å²) in [6.07, 6.45) is 1.76. The smallest absolute Gasteiger partial charge is 0.126 e. The second-order valence-corrected chi connectivity index (χ2v) is 4.25. The summed E-state index contributed by atoms with van der Waals surface area (Å²) in [4.78, 5) is 1.84. The van der Waals surface area contributed by atoms with Crippen LogP contribution in [0, 0.1) is 11.2 Å². The zero-order valence-electron chi connectivity index (χ0n) is 7.56. The van der Waals surface area contributed by atoms with E-state index in [1.54, 1.807) is 0 Å². The van der Waals surface area contributed by atoms with Gasteiger partial charge in [-0.15, -0.1) is 0 Å². The van der Waals surface area contributed by atoms with E-state index in [2.05, 4.69) is 15.9 Å². The molecule has 0 unspecified atom stereocenters. The minimum absolute atomic E-state index is 0.269. The Kier molecular flexibility index (Phi) is 2.54. The molecule has 0 saturated carbocycles. The largest absolute Gasteiger partial charge is 0.330 e. The highest BCUT2D eigenvalue weighted by atomic mass is 79.9. The number of nitrogens with one attached hydrogen (secondary N) is 1. The monoisotopic (exact) mass is 256 g/mol. The molecule has 0 aliphatic carbocycles. The van der Waals surface area contributed by atoms with Crippen LogP contribution < -0.4 is 4.90 Å². The molecule has 0 radical (unpaired) electrons. The second-order valence-electron chi connectivity index (χ2n) is 3.33. The van der Waals surface area contributed by atoms with Gasteiger partial charge in [-0.25, -0.2) is 4.39 Å². The lowest BCUT2D eigenvalue weighted by molar-refractivity contribution is 0.627. The van der Waals surface area contributed by atoms with Gasteiger partial charge in [-0.3, -0.25) is 5.41 Å². The Morgan fingerprint density at radius 3 is 2.71 bits per heavy atom. The SMILES string of the molecule is N=C1CCCN1c1cc(F)cc(Br)c1. The summed E-state index contributed by atoms with van der Waals surface area (Å²) in [5.74, 6) is 0.302. The van der Waals surface area contributed by atoms with E-state index in [-0.39, 0.29) is 5.82 Å². The van der Waals surface area contributed by atoms with E-state index in [1.807, 2.05) is 11.0 Å². The zero-order chi connectivity index (χ0) is 10.1. The number of rotatable bonds is 1. The Hall–Kier alpha value is -0.900. The fourth-order valence-corrected chi connectivity index (χ4v) is 2.11. The van der Waals surface area contributed by atoms with Crippen LogP contribution in [0.4, 0.5) is 10.1 Å². The predicted molar refractivity (Wildman–Crippen MR) is 58.4 cm³/mol. The van der Waals surface area contributed by atoms with Crippen molar-refractivity contribution >= 4 is 27.5 Å². The van der Waals surface area contributed by atoms with Crippen LogP contribution in [0.2, 0.25) is 0 Å². The Balaban J connectivity index is 2.35. The van der Waals surface area contributed by atoms with Gasteiger partial charge in [-0.05, 0) is 24.6 Å². The Labute approximate surface area is 90.4 Å². The lowest BCUT2D eigenvalue weighted by atomic mass is 10.3. The molecule has 1 saturated heterocycles. The normalized spacial score (nSPS) is 16.4. The molecule has 1 aliphatic heterocycles. The zero-order valence-corrected chi connectivity index (χ0v) is 9.14. The average Bonchev–Trinajstić information content (AvgIpc) is 2.49. The highest BCUT2D eigenvalue weighted by Crippen LogP contribution is 2.25. The van der Waals surface area contributed by atoms with Crippen molar-refractivity contribution in [1.82, 2.24) is 0 Å². The quantitative estimate of drug-likeness (QED) is 0.821. The molecule has 0 aromatic heterocycles. The van der Waals surface area contributed by atoms with E-state index >= 15 is 0 Å². The topological polar surface area (TPSA) is 27.1 Å². The van der Waals surface area contributed by atoms with E-state index in [4.69, 9.17) is 5.41 Å². The molecule has 1 aromatic carbocycles. The molecule has 1 heterocycles. The van der Waals surface area contributed by atoms with Crippen LogP contribution in [-0.4, -0.2) is 12.4 Å². The number of hydrogen-bond acceptors (Lipinski definition) is 1. The van der Waals surface area contributed by atoms with Gasteiger partial charge in [0.05, 0.1) is 0 Å². The molecule has 74 valence electrons. The van der Waals surface area contributed by atoms with Gasteiger partial charge in [0.25, 0.3) is 0 Å². The van der Waals surface area contributed by atoms with Crippen LogP contribution in [0.15, 0.2) is 22.7 Å². The molecule has 1 aromatic rings. The van der Waals surface area contributed by atoms with E-state index in [0.29, 0.717) is 10.3 Å². The number of halogens is 2. The second kappa shape index (κ2) is 3.69. The van der Waals surface area contributed by atoms with Crippen molar-refractivity contribution in [3.63, 3.8) is 0 Å². The summed E-state index contributed by atoms with van der Waals surface area (Å²) in [5, 5.41) is 7.67. The standard InChI is InChI=1S/C10H10BrFN2/c11-7-4-8(12)6-9(5-7)14-3-1-2-10(14)13/h4-6,13H,1-3H2. The number of amidine groups is 1. The molecule has 1 aliphatic rings. The maximum absolute atomic E-state index is 13.1. The fraction of sp³-hybridized carbons (Fsp3) is 0.300. The van der Waals surface area contributed by atoms with E-state index in [0.717, 1.165) is 25.1 Å². The molecule has 0 amide bonds. The van der Waals surface area contributed by atoms with Crippen LogP contribution in [0.25, 0.3) is 0 Å². The van der Waals surface area contributed by atoms with Crippen molar-refractivity contribution in [3.05, 3.63) is 28.5 Å². The first-order valence-electron chi connectivity index (χ1n) is 4.48. The number of hydrogen-bond donors (Lipinski definition) is 1. The van der Waals surface area contributed by atoms with E-state index in [1.165, 1.54) is 12.1 Å². The molecule has 4 heteroatoms. The lowest BCUT2D eigenvalue weighted by Gasteiger charge is -2.18. The first kappa shape index (κ1) is 9.65. The minimum Gasteiger partial charge on any atom is -0.330 e. The molecule has 0 spiro atoms. The van der Waals surface area contributed by atoms with Crippen molar-refractivity contribution in [2.75, 3.05) is 11.4 Å². The van der Waals surface area contributed by atoms with Gasteiger partial charge in [0, 0.05) is 23.1 Å². The Bertz CT molecular complexity index is 358. The molecule has 14 heavy (non-hydrogen) atoms. The van der Waals surface area contributed by atoms with Crippen LogP contribution >= 0.6 is 15.9 Å². The first-order chi connectivity index (χ1) is 6.66. The fourth-order valence-electron chi connectivity index (χ4n) is 1.65. The highest BCUT2D eigenvalue weighted by molar-refractivity contribution is 9.10. The van der Waals surface area contributed by atoms with E-state index in [9.17, 15) is 4.39 Å². The predicted octanol–water partition coefficient (Wildman–Crippen LogP) is 3.17. The molecular formula is C10H10BrFN2. The van der Waals surface area contributed by atoms with Gasteiger partial charge in [0.15, 0.2) is 0 Å². The van der Waals surface area contributed by atoms with Gasteiger partial charge in [-0.2, -0.15) is 0 Å². The lowest BCUT2D eigenvalue weighted by Crippen LogP contribution is -2.23. The minimum atomic E-state index is -0.269. The van der Waals surface area contributed by atoms with Crippen LogP contribution in [0.5, 0.6) is 0 Å². The first-order valence-corrected chi connectivity index (χ1v) is 5.27. The number of benzene rings is 1. The van der Waals surface area contributed by atoms with Crippen molar-refractivity contribution in [2.45, 2.75) is 12.8 Å². The molecule has 2 nitrogen and oxygen atoms in total. The third-order valence-electron chi connectivity index (χ3n) is 2.28. The van der Waals surface area contributed by atoms with Crippen molar-refractivity contribution < 1.29 is 4.39 Å². The van der Waals surface area contributed by atoms with Crippen molar-refractivity contribution in [2.24, 2.45) is 0 Å². The van der Waals surface area contributed by atoms with Crippen LogP contribution in [0.3, 0.4) is 0 Å². The molecule has 2 rings (SSSR count). The maximum atomic E-state index is 13.1. The van der Waals surface area contributed by atoms with Gasteiger partial charge in [0.1, 0.15) is 11.7 Å². The third kappa shape index (κ3) is 1.80. The van der Waals surface area contributed by atoms with E-state index < -0.39 is 0 Å². The van der Waals surface area contributed by atoms with Gasteiger partial charge < -0.3 is 4.90 Å². The summed E-state index contributed by atoms with van der Waals surface area (Å²) >= 11 is 3.24. The van der Waals surface area contributed by atoms with Crippen LogP contribution in [-0.2, 0) is 0 Å². The number of anilines is 1. The van der Waals surface area contributed by atoms with Gasteiger partial charge in [-0.1, -0.05) is 15.9 Å². The molecule has 1 N–H and O–H groups in total. The third-order valence-corrected chi connectivity index (χ3v) is 2.74. The molecular weight excluding hydrogens is 247 g/mol. The maximum Gasteiger partial charge on any atom is 0.126 e. The average molecular weight is 257 g/mol. The summed E-state index contributed by atoms with van der Waals surface area (Å²) in [7, 11) is 0. The summed E-state index contributed by atoms with van der Waals surface area (Å²) in [6, 6.07) is 4.72. The van der Waals surface area contributed by atoms with Crippen molar-refractivity contribution in [1.29, 1.82) is 5.41 Å². The Morgan fingerprint density at radius 2 is 2.14 bits per heavy atom. The molecule has 1 fully saturated rings.